The molecule has 18 heavy (non-hydrogen) atoms. The van der Waals surface area contributed by atoms with Gasteiger partial charge in [-0.3, -0.25) is 4.79 Å². The van der Waals surface area contributed by atoms with Crippen LogP contribution in [0.5, 0.6) is 5.75 Å². The molecule has 2 nitrogen and oxygen atoms in total. The molecule has 1 aromatic carbocycles. The van der Waals surface area contributed by atoms with Gasteiger partial charge >= 0.3 is 0 Å². The highest BCUT2D eigenvalue weighted by molar-refractivity contribution is 6.30. The quantitative estimate of drug-likeness (QED) is 0.652. The zero-order chi connectivity index (χ0) is 13.4. The summed E-state index contributed by atoms with van der Waals surface area (Å²) in [5, 5.41) is 0.643. The highest BCUT2D eigenvalue weighted by Crippen LogP contribution is 2.23. The van der Waals surface area contributed by atoms with Crippen molar-refractivity contribution in [2.24, 2.45) is 0 Å². The van der Waals surface area contributed by atoms with Gasteiger partial charge in [-0.25, -0.2) is 0 Å². The van der Waals surface area contributed by atoms with Crippen LogP contribution in [0, 0.1) is 0 Å². The third kappa shape index (κ3) is 5.09. The Labute approximate surface area is 114 Å². The molecule has 0 amide bonds. The Morgan fingerprint density at radius 1 is 1.28 bits per heavy atom. The average Bonchev–Trinajstić information content (AvgIpc) is 2.35. The van der Waals surface area contributed by atoms with Crippen molar-refractivity contribution in [3.05, 3.63) is 28.8 Å². The van der Waals surface area contributed by atoms with E-state index < -0.39 is 0 Å². The second-order valence-electron chi connectivity index (χ2n) is 4.48. The summed E-state index contributed by atoms with van der Waals surface area (Å²) in [6.45, 7) is 2.17. The van der Waals surface area contributed by atoms with E-state index in [9.17, 15) is 4.79 Å². The van der Waals surface area contributed by atoms with Crippen LogP contribution in [-0.2, 0) is 11.2 Å². The largest absolute Gasteiger partial charge is 0.496 e. The SMILES string of the molecule is CCCCCCC(=O)Cc1cc(Cl)ccc1OC. The summed E-state index contributed by atoms with van der Waals surface area (Å²) in [5.41, 5.74) is 0.880. The lowest BCUT2D eigenvalue weighted by atomic mass is 10.0. The maximum atomic E-state index is 11.9. The highest BCUT2D eigenvalue weighted by Gasteiger charge is 2.09. The molecule has 0 aliphatic heterocycles. The molecule has 0 aliphatic carbocycles. The van der Waals surface area contributed by atoms with E-state index in [2.05, 4.69) is 6.92 Å². The van der Waals surface area contributed by atoms with Gasteiger partial charge in [-0.15, -0.1) is 0 Å². The van der Waals surface area contributed by atoms with Crippen molar-refractivity contribution in [2.75, 3.05) is 7.11 Å². The molecule has 100 valence electrons. The van der Waals surface area contributed by atoms with Crippen LogP contribution in [0.15, 0.2) is 18.2 Å². The van der Waals surface area contributed by atoms with Gasteiger partial charge in [-0.2, -0.15) is 0 Å². The molecule has 1 aromatic rings. The van der Waals surface area contributed by atoms with E-state index in [0.29, 0.717) is 17.9 Å². The molecule has 0 unspecified atom stereocenters. The predicted octanol–water partition coefficient (Wildman–Crippen LogP) is 4.43. The average molecular weight is 269 g/mol. The molecule has 0 radical (unpaired) electrons. The van der Waals surface area contributed by atoms with Crippen LogP contribution in [0.4, 0.5) is 0 Å². The van der Waals surface area contributed by atoms with Gasteiger partial charge in [-0.1, -0.05) is 37.8 Å². The Kier molecular flexibility index (Phi) is 6.81. The zero-order valence-electron chi connectivity index (χ0n) is 11.2. The van der Waals surface area contributed by atoms with Crippen LogP contribution in [0.1, 0.15) is 44.6 Å². The normalized spacial score (nSPS) is 10.4. The Morgan fingerprint density at radius 3 is 2.72 bits per heavy atom. The molecule has 0 bridgehead atoms. The smallest absolute Gasteiger partial charge is 0.137 e. The minimum Gasteiger partial charge on any atom is -0.496 e. The first-order valence-electron chi connectivity index (χ1n) is 6.51. The molecule has 0 heterocycles. The van der Waals surface area contributed by atoms with E-state index in [1.165, 1.54) is 12.8 Å². The van der Waals surface area contributed by atoms with Crippen LogP contribution in [0.25, 0.3) is 0 Å². The molecule has 0 saturated heterocycles. The molecule has 0 aromatic heterocycles. The Morgan fingerprint density at radius 2 is 2.06 bits per heavy atom. The summed E-state index contributed by atoms with van der Waals surface area (Å²) in [6, 6.07) is 5.39. The van der Waals surface area contributed by atoms with E-state index in [1.54, 1.807) is 13.2 Å². The number of carbonyl (C=O) groups excluding carboxylic acids is 1. The number of carbonyl (C=O) groups is 1. The predicted molar refractivity (Wildman–Crippen MR) is 75.5 cm³/mol. The molecule has 1 rings (SSSR count). The summed E-state index contributed by atoms with van der Waals surface area (Å²) in [5.74, 6) is 0.993. The monoisotopic (exact) mass is 268 g/mol. The van der Waals surface area contributed by atoms with Crippen molar-refractivity contribution >= 4 is 17.4 Å². The number of benzene rings is 1. The summed E-state index contributed by atoms with van der Waals surface area (Å²) in [7, 11) is 1.61. The van der Waals surface area contributed by atoms with Gasteiger partial charge in [0.15, 0.2) is 0 Å². The molecular formula is C15H21ClO2. The number of hydrogen-bond donors (Lipinski definition) is 0. The van der Waals surface area contributed by atoms with Gasteiger partial charge in [-0.05, 0) is 24.6 Å². The van der Waals surface area contributed by atoms with Crippen molar-refractivity contribution in [3.63, 3.8) is 0 Å². The molecule has 0 aliphatic rings. The minimum absolute atomic E-state index is 0.256. The zero-order valence-corrected chi connectivity index (χ0v) is 11.9. The second kappa shape index (κ2) is 8.15. The Bertz CT molecular complexity index is 388. The van der Waals surface area contributed by atoms with Crippen LogP contribution < -0.4 is 4.74 Å². The standard InChI is InChI=1S/C15H21ClO2/c1-3-4-5-6-7-14(17)11-12-10-13(16)8-9-15(12)18-2/h8-10H,3-7,11H2,1-2H3. The van der Waals surface area contributed by atoms with E-state index in [-0.39, 0.29) is 5.78 Å². The summed E-state index contributed by atoms with van der Waals surface area (Å²) in [6.07, 6.45) is 5.57. The maximum Gasteiger partial charge on any atom is 0.137 e. The van der Waals surface area contributed by atoms with E-state index in [0.717, 1.165) is 24.2 Å². The summed E-state index contributed by atoms with van der Waals surface area (Å²) < 4.78 is 5.23. The van der Waals surface area contributed by atoms with E-state index in [4.69, 9.17) is 16.3 Å². The van der Waals surface area contributed by atoms with Crippen LogP contribution >= 0.6 is 11.6 Å². The summed E-state index contributed by atoms with van der Waals surface area (Å²) >= 11 is 5.94. The van der Waals surface area contributed by atoms with Gasteiger partial charge in [0.2, 0.25) is 0 Å². The van der Waals surface area contributed by atoms with E-state index in [1.807, 2.05) is 12.1 Å². The first-order valence-corrected chi connectivity index (χ1v) is 6.89. The molecular weight excluding hydrogens is 248 g/mol. The second-order valence-corrected chi connectivity index (χ2v) is 4.92. The van der Waals surface area contributed by atoms with Gasteiger partial charge in [0, 0.05) is 23.4 Å². The number of methoxy groups -OCH3 is 1. The Hall–Kier alpha value is -1.02. The van der Waals surface area contributed by atoms with Crippen molar-refractivity contribution in [1.82, 2.24) is 0 Å². The van der Waals surface area contributed by atoms with Crippen molar-refractivity contribution in [1.29, 1.82) is 0 Å². The third-order valence-electron chi connectivity index (χ3n) is 2.94. The lowest BCUT2D eigenvalue weighted by molar-refractivity contribution is -0.118. The lowest BCUT2D eigenvalue weighted by Crippen LogP contribution is -2.04. The number of halogens is 1. The highest BCUT2D eigenvalue weighted by atomic mass is 35.5. The number of unbranched alkanes of at least 4 members (excludes halogenated alkanes) is 3. The first-order chi connectivity index (χ1) is 8.67. The molecule has 0 saturated carbocycles. The topological polar surface area (TPSA) is 26.3 Å². The maximum absolute atomic E-state index is 11.9. The first kappa shape index (κ1) is 15.0. The summed E-state index contributed by atoms with van der Waals surface area (Å²) in [4.78, 5) is 11.9. The molecule has 0 fully saturated rings. The van der Waals surface area contributed by atoms with Gasteiger partial charge in [0.1, 0.15) is 11.5 Å². The number of hydrogen-bond acceptors (Lipinski definition) is 2. The third-order valence-corrected chi connectivity index (χ3v) is 3.17. The molecule has 0 atom stereocenters. The van der Waals surface area contributed by atoms with Gasteiger partial charge in [0.25, 0.3) is 0 Å². The van der Waals surface area contributed by atoms with Crippen molar-refractivity contribution in [2.45, 2.75) is 45.4 Å². The number of Topliss-reactive ketones (excluding diaryl/α,β-unsaturated/α-hetero) is 1. The molecule has 0 N–H and O–H groups in total. The minimum atomic E-state index is 0.256. The molecule has 3 heteroatoms. The lowest BCUT2D eigenvalue weighted by Gasteiger charge is -2.08. The number of ether oxygens (including phenoxy) is 1. The van der Waals surface area contributed by atoms with E-state index >= 15 is 0 Å². The van der Waals surface area contributed by atoms with Crippen LogP contribution in [-0.4, -0.2) is 12.9 Å². The number of rotatable bonds is 8. The van der Waals surface area contributed by atoms with Gasteiger partial charge < -0.3 is 4.74 Å². The fraction of sp³-hybridized carbons (Fsp3) is 0.533. The molecule has 0 spiro atoms. The van der Waals surface area contributed by atoms with Gasteiger partial charge in [0.05, 0.1) is 7.11 Å². The van der Waals surface area contributed by atoms with Crippen molar-refractivity contribution in [3.8, 4) is 5.75 Å². The van der Waals surface area contributed by atoms with Crippen LogP contribution in [0.2, 0.25) is 5.02 Å². The Balaban J connectivity index is 2.50. The van der Waals surface area contributed by atoms with Crippen molar-refractivity contribution < 1.29 is 9.53 Å². The number of ketones is 1. The fourth-order valence-corrected chi connectivity index (χ4v) is 2.13. The fourth-order valence-electron chi connectivity index (χ4n) is 1.94. The van der Waals surface area contributed by atoms with Crippen LogP contribution in [0.3, 0.4) is 0 Å².